The molecule has 7 heteroatoms. The summed E-state index contributed by atoms with van der Waals surface area (Å²) >= 11 is 0. The van der Waals surface area contributed by atoms with Crippen molar-refractivity contribution in [2.75, 3.05) is 19.9 Å². The zero-order valence-electron chi connectivity index (χ0n) is 9.89. The average Bonchev–Trinajstić information content (AvgIpc) is 2.18. The van der Waals surface area contributed by atoms with Gasteiger partial charge in [-0.15, -0.1) is 0 Å². The van der Waals surface area contributed by atoms with Gasteiger partial charge in [0.1, 0.15) is 0 Å². The number of rotatable bonds is 9. The summed E-state index contributed by atoms with van der Waals surface area (Å²) in [6.07, 6.45) is -3.25. The monoisotopic (exact) mass is 260 g/mol. The van der Waals surface area contributed by atoms with Crippen LogP contribution in [0, 0.1) is 0 Å². The molecule has 98 valence electrons. The van der Waals surface area contributed by atoms with Crippen LogP contribution in [-0.2, 0) is 13.3 Å². The predicted octanol–water partition coefficient (Wildman–Crippen LogP) is 2.99. The molecular weight excluding hydrogens is 241 g/mol. The molecule has 0 aliphatic heterocycles. The third-order valence-electron chi connectivity index (χ3n) is 1.75. The predicted molar refractivity (Wildman–Crippen MR) is 56.1 cm³/mol. The summed E-state index contributed by atoms with van der Waals surface area (Å²) in [4.78, 5) is 0. The van der Waals surface area contributed by atoms with Crippen LogP contribution < -0.4 is 0 Å². The summed E-state index contributed by atoms with van der Waals surface area (Å²) in [5.41, 5.74) is 0. The minimum atomic E-state index is -3.83. The zero-order chi connectivity index (χ0) is 12.7. The van der Waals surface area contributed by atoms with Gasteiger partial charge in [-0.25, -0.2) is 4.39 Å². The molecule has 0 bridgehead atoms. The highest BCUT2D eigenvalue weighted by atomic mass is 28.4. The molecule has 0 aromatic carbocycles. The number of hydrogen-bond donors (Lipinski definition) is 0. The molecule has 0 N–H and O–H groups in total. The smallest absolute Gasteiger partial charge is 0.374 e. The second kappa shape index (κ2) is 7.26. The van der Waals surface area contributed by atoms with Gasteiger partial charge in [0.2, 0.25) is 0 Å². The van der Waals surface area contributed by atoms with E-state index in [1.165, 1.54) is 0 Å². The third-order valence-corrected chi connectivity index (χ3v) is 4.92. The Bertz CT molecular complexity index is 176. The summed E-state index contributed by atoms with van der Waals surface area (Å²) in [7, 11) is -3.44. The highest BCUT2D eigenvalue weighted by Gasteiger charge is 2.49. The lowest BCUT2D eigenvalue weighted by molar-refractivity contribution is -0.217. The molecule has 0 aliphatic rings. The Balaban J connectivity index is 4.71. The number of alkyl halides is 3. The molecular formula is C9H19F3O3Si. The van der Waals surface area contributed by atoms with Crippen LogP contribution in [0.25, 0.3) is 0 Å². The van der Waals surface area contributed by atoms with Crippen LogP contribution in [0.1, 0.15) is 27.2 Å². The molecule has 0 rings (SSSR count). The van der Waals surface area contributed by atoms with Crippen molar-refractivity contribution in [3.05, 3.63) is 0 Å². The largest absolute Gasteiger partial charge is 0.505 e. The molecule has 3 nitrogen and oxygen atoms in total. The second-order valence-corrected chi connectivity index (χ2v) is 5.82. The van der Waals surface area contributed by atoms with Gasteiger partial charge < -0.3 is 13.3 Å². The fraction of sp³-hybridized carbons (Fsp3) is 1.00. The summed E-state index contributed by atoms with van der Waals surface area (Å²) in [6, 6.07) is 0.254. The first-order valence-electron chi connectivity index (χ1n) is 5.37. The molecule has 0 aliphatic carbocycles. The summed E-state index contributed by atoms with van der Waals surface area (Å²) in [5, 5.41) is 0. The Morgan fingerprint density at radius 2 is 1.56 bits per heavy atom. The van der Waals surface area contributed by atoms with Gasteiger partial charge in [0.15, 0.2) is 6.67 Å². The van der Waals surface area contributed by atoms with Crippen LogP contribution in [0.5, 0.6) is 0 Å². The first-order chi connectivity index (χ1) is 7.45. The van der Waals surface area contributed by atoms with Gasteiger partial charge in [-0.05, 0) is 13.8 Å². The van der Waals surface area contributed by atoms with Crippen molar-refractivity contribution in [3.8, 4) is 0 Å². The summed E-state index contributed by atoms with van der Waals surface area (Å²) in [5.74, 6) is 0. The maximum atomic E-state index is 12.9. The molecule has 0 amide bonds. The van der Waals surface area contributed by atoms with Crippen molar-refractivity contribution in [1.82, 2.24) is 0 Å². The van der Waals surface area contributed by atoms with E-state index < -0.39 is 21.6 Å². The molecule has 0 saturated carbocycles. The first-order valence-corrected chi connectivity index (χ1v) is 7.30. The van der Waals surface area contributed by atoms with Gasteiger partial charge in [-0.2, -0.15) is 8.78 Å². The van der Waals surface area contributed by atoms with E-state index in [0.717, 1.165) is 0 Å². The van der Waals surface area contributed by atoms with Crippen molar-refractivity contribution in [2.24, 2.45) is 0 Å². The molecule has 0 unspecified atom stereocenters. The zero-order valence-corrected chi connectivity index (χ0v) is 10.9. The molecule has 0 aromatic heterocycles. The van der Waals surface area contributed by atoms with E-state index in [2.05, 4.69) is 4.43 Å². The molecule has 0 radical (unpaired) electrons. The van der Waals surface area contributed by atoms with Crippen LogP contribution in [0.3, 0.4) is 0 Å². The van der Waals surface area contributed by atoms with Crippen molar-refractivity contribution in [1.29, 1.82) is 0 Å². The topological polar surface area (TPSA) is 27.7 Å². The third kappa shape index (κ3) is 5.29. The summed E-state index contributed by atoms with van der Waals surface area (Å²) in [6.45, 7) is 3.66. The quantitative estimate of drug-likeness (QED) is 0.596. The van der Waals surface area contributed by atoms with Gasteiger partial charge in [-0.1, -0.05) is 13.3 Å². The highest BCUT2D eigenvalue weighted by Crippen LogP contribution is 2.27. The Labute approximate surface area is 95.2 Å². The van der Waals surface area contributed by atoms with E-state index in [-0.39, 0.29) is 19.3 Å². The molecule has 0 saturated heterocycles. The molecule has 0 spiro atoms. The Kier molecular flexibility index (Phi) is 7.21. The van der Waals surface area contributed by atoms with E-state index in [1.54, 1.807) is 20.8 Å². The van der Waals surface area contributed by atoms with Gasteiger partial charge >= 0.3 is 14.9 Å². The SMILES string of the molecule is CCC[Si](OCC)(OCC)OC(F)(F)CF. The average molecular weight is 260 g/mol. The van der Waals surface area contributed by atoms with E-state index in [1.807, 2.05) is 0 Å². The lowest BCUT2D eigenvalue weighted by Crippen LogP contribution is -2.51. The van der Waals surface area contributed by atoms with Crippen molar-refractivity contribution in [3.63, 3.8) is 0 Å². The van der Waals surface area contributed by atoms with Gasteiger partial charge in [0, 0.05) is 19.3 Å². The fourth-order valence-electron chi connectivity index (χ4n) is 1.30. The molecule has 0 heterocycles. The van der Waals surface area contributed by atoms with Crippen molar-refractivity contribution < 1.29 is 26.4 Å². The van der Waals surface area contributed by atoms with Crippen LogP contribution in [0.15, 0.2) is 0 Å². The van der Waals surface area contributed by atoms with E-state index in [9.17, 15) is 13.2 Å². The Morgan fingerprint density at radius 1 is 1.06 bits per heavy atom. The Hall–Kier alpha value is -0.113. The minimum Gasteiger partial charge on any atom is -0.374 e. The summed E-state index contributed by atoms with van der Waals surface area (Å²) < 4.78 is 52.7. The van der Waals surface area contributed by atoms with Gasteiger partial charge in [0.05, 0.1) is 0 Å². The maximum absolute atomic E-state index is 12.9. The molecule has 0 atom stereocenters. The highest BCUT2D eigenvalue weighted by molar-refractivity contribution is 6.60. The van der Waals surface area contributed by atoms with Gasteiger partial charge in [0.25, 0.3) is 0 Å². The first kappa shape index (κ1) is 15.9. The van der Waals surface area contributed by atoms with Crippen molar-refractivity contribution in [2.45, 2.75) is 39.3 Å². The molecule has 0 fully saturated rings. The number of hydrogen-bond acceptors (Lipinski definition) is 3. The van der Waals surface area contributed by atoms with Crippen LogP contribution in [0.2, 0.25) is 6.04 Å². The maximum Gasteiger partial charge on any atom is 0.505 e. The minimum absolute atomic E-state index is 0.203. The van der Waals surface area contributed by atoms with Crippen LogP contribution in [0.4, 0.5) is 13.2 Å². The molecule has 0 aromatic rings. The van der Waals surface area contributed by atoms with Crippen LogP contribution >= 0.6 is 0 Å². The van der Waals surface area contributed by atoms with E-state index >= 15 is 0 Å². The lowest BCUT2D eigenvalue weighted by Gasteiger charge is -2.31. The van der Waals surface area contributed by atoms with Crippen molar-refractivity contribution >= 4 is 8.80 Å². The fourth-order valence-corrected chi connectivity index (χ4v) is 3.89. The second-order valence-electron chi connectivity index (χ2n) is 3.17. The van der Waals surface area contributed by atoms with Gasteiger partial charge in [-0.3, -0.25) is 0 Å². The van der Waals surface area contributed by atoms with E-state index in [4.69, 9.17) is 8.85 Å². The standard InChI is InChI=1S/C9H19F3O3Si/c1-4-7-16(13-5-2,14-6-3)15-9(11,12)8-10/h4-8H2,1-3H3. The Morgan fingerprint density at radius 3 is 1.88 bits per heavy atom. The molecule has 16 heavy (non-hydrogen) atoms. The van der Waals surface area contributed by atoms with E-state index in [0.29, 0.717) is 6.42 Å². The lowest BCUT2D eigenvalue weighted by atomic mass is 10.6. The normalized spacial score (nSPS) is 13.1. The number of halogens is 3. The van der Waals surface area contributed by atoms with Crippen LogP contribution in [-0.4, -0.2) is 34.8 Å².